The number of rotatable bonds is 7. The molecule has 4 aromatic rings. The summed E-state index contributed by atoms with van der Waals surface area (Å²) >= 11 is 0. The van der Waals surface area contributed by atoms with E-state index in [4.69, 9.17) is 14.2 Å². The van der Waals surface area contributed by atoms with Crippen molar-refractivity contribution in [3.05, 3.63) is 71.6 Å². The van der Waals surface area contributed by atoms with Gasteiger partial charge in [0.1, 0.15) is 5.82 Å². The average molecular weight is 574 g/mol. The number of carbonyl (C=O) groups is 2. The van der Waals surface area contributed by atoms with Gasteiger partial charge in [-0.3, -0.25) is 9.97 Å². The van der Waals surface area contributed by atoms with Crippen LogP contribution in [-0.4, -0.2) is 60.7 Å². The van der Waals surface area contributed by atoms with Crippen molar-refractivity contribution in [1.82, 2.24) is 9.97 Å². The highest BCUT2D eigenvalue weighted by molar-refractivity contribution is 5.95. The largest absolute Gasteiger partial charge is 0.491 e. The van der Waals surface area contributed by atoms with Gasteiger partial charge in [0.2, 0.25) is 0 Å². The van der Waals surface area contributed by atoms with Gasteiger partial charge in [0.25, 0.3) is 5.92 Å². The van der Waals surface area contributed by atoms with E-state index < -0.39 is 42.6 Å². The Balaban J connectivity index is 0.000000191. The van der Waals surface area contributed by atoms with Gasteiger partial charge < -0.3 is 19.1 Å². The van der Waals surface area contributed by atoms with Crippen molar-refractivity contribution in [3.63, 3.8) is 0 Å². The Hall–Kier alpha value is -4.48. The number of halogens is 4. The molecule has 1 fully saturated rings. The average Bonchev–Trinajstić information content (AvgIpc) is 2.92. The SMILES string of the molecule is CCOC(=O)c1cnc2cc(N3CC(F)(F)C3)c(F)cc2c1.CCOC(=O)c1cnc2cc(OCC)c(F)cc2c1. The van der Waals surface area contributed by atoms with Crippen LogP contribution >= 0.6 is 0 Å². The third-order valence-corrected chi connectivity index (χ3v) is 5.99. The van der Waals surface area contributed by atoms with Crippen molar-refractivity contribution in [2.45, 2.75) is 26.7 Å². The van der Waals surface area contributed by atoms with E-state index in [1.54, 1.807) is 26.8 Å². The molecule has 0 saturated carbocycles. The zero-order chi connectivity index (χ0) is 29.7. The van der Waals surface area contributed by atoms with Gasteiger partial charge in [0.05, 0.1) is 60.8 Å². The number of aromatic nitrogens is 2. The molecule has 0 atom stereocenters. The Kier molecular flexibility index (Phi) is 8.89. The smallest absolute Gasteiger partial charge is 0.339 e. The molecule has 1 aliphatic rings. The minimum Gasteiger partial charge on any atom is -0.491 e. The van der Waals surface area contributed by atoms with Crippen molar-refractivity contribution >= 4 is 39.4 Å². The molecule has 0 aliphatic carbocycles. The number of hydrogen-bond acceptors (Lipinski definition) is 8. The van der Waals surface area contributed by atoms with Crippen LogP contribution in [0.1, 0.15) is 41.5 Å². The quantitative estimate of drug-likeness (QED) is 0.198. The maximum Gasteiger partial charge on any atom is 0.339 e. The standard InChI is InChI=1S/C15H13F3N2O2.C14H14FNO3/c1-2-22-14(21)10-3-9-4-11(16)13(5-12(9)19-6-10)20-7-15(17,18)8-20;1-3-18-13-7-12-9(6-11(13)15)5-10(8-16-12)14(17)19-4-2/h3-6H,2,7-8H2,1H3;5-8H,3-4H2,1-2H3. The van der Waals surface area contributed by atoms with Crippen LogP contribution in [0.15, 0.2) is 48.8 Å². The first-order chi connectivity index (χ1) is 19.5. The van der Waals surface area contributed by atoms with Crippen molar-refractivity contribution in [3.8, 4) is 5.75 Å². The lowest BCUT2D eigenvalue weighted by Crippen LogP contribution is -2.56. The summed E-state index contributed by atoms with van der Waals surface area (Å²) in [6, 6.07) is 8.45. The second-order valence-electron chi connectivity index (χ2n) is 9.01. The first-order valence-electron chi connectivity index (χ1n) is 12.8. The summed E-state index contributed by atoms with van der Waals surface area (Å²) in [5.74, 6) is -4.72. The third kappa shape index (κ3) is 6.82. The molecule has 0 bridgehead atoms. The molecule has 0 radical (unpaired) electrons. The Bertz CT molecular complexity index is 1590. The molecular weight excluding hydrogens is 546 g/mol. The third-order valence-electron chi connectivity index (χ3n) is 5.99. The monoisotopic (exact) mass is 573 g/mol. The van der Waals surface area contributed by atoms with E-state index >= 15 is 0 Å². The lowest BCUT2D eigenvalue weighted by molar-refractivity contribution is -0.0265. The lowest BCUT2D eigenvalue weighted by atomic mass is 10.1. The summed E-state index contributed by atoms with van der Waals surface area (Å²) in [5, 5.41) is 0.950. The van der Waals surface area contributed by atoms with Gasteiger partial charge in [-0.15, -0.1) is 0 Å². The highest BCUT2D eigenvalue weighted by Gasteiger charge is 2.44. The first kappa shape index (κ1) is 29.5. The van der Waals surface area contributed by atoms with E-state index in [1.165, 1.54) is 47.6 Å². The molecule has 12 heteroatoms. The van der Waals surface area contributed by atoms with Crippen LogP contribution in [0.5, 0.6) is 5.75 Å². The van der Waals surface area contributed by atoms with Crippen LogP contribution in [0.2, 0.25) is 0 Å². The molecule has 0 unspecified atom stereocenters. The van der Waals surface area contributed by atoms with Crippen LogP contribution in [0.4, 0.5) is 23.2 Å². The predicted molar refractivity (Wildman–Crippen MR) is 144 cm³/mol. The van der Waals surface area contributed by atoms with E-state index in [-0.39, 0.29) is 30.2 Å². The minimum atomic E-state index is -2.78. The van der Waals surface area contributed by atoms with Gasteiger partial charge >= 0.3 is 11.9 Å². The highest BCUT2D eigenvalue weighted by Crippen LogP contribution is 2.35. The Morgan fingerprint density at radius 3 is 1.78 bits per heavy atom. The van der Waals surface area contributed by atoms with Crippen LogP contribution in [0, 0.1) is 11.6 Å². The number of pyridine rings is 2. The number of alkyl halides is 2. The number of esters is 2. The van der Waals surface area contributed by atoms with Crippen LogP contribution < -0.4 is 9.64 Å². The molecule has 0 spiro atoms. The Morgan fingerprint density at radius 1 is 0.780 bits per heavy atom. The number of anilines is 1. The normalized spacial score (nSPS) is 13.7. The summed E-state index contributed by atoms with van der Waals surface area (Å²) in [7, 11) is 0. The molecule has 0 N–H and O–H groups in total. The summed E-state index contributed by atoms with van der Waals surface area (Å²) in [5.41, 5.74) is 1.61. The fraction of sp³-hybridized carbons (Fsp3) is 0.310. The fourth-order valence-electron chi connectivity index (χ4n) is 4.11. The summed E-state index contributed by atoms with van der Waals surface area (Å²) in [6.07, 6.45) is 2.74. The molecule has 8 nitrogen and oxygen atoms in total. The fourth-order valence-corrected chi connectivity index (χ4v) is 4.11. The number of carbonyl (C=O) groups excluding carboxylic acids is 2. The maximum atomic E-state index is 14.1. The molecule has 1 saturated heterocycles. The maximum absolute atomic E-state index is 14.1. The summed E-state index contributed by atoms with van der Waals surface area (Å²) < 4.78 is 68.5. The number of fused-ring (bicyclic) bond motifs is 2. The zero-order valence-electron chi connectivity index (χ0n) is 22.5. The van der Waals surface area contributed by atoms with E-state index in [0.717, 1.165) is 0 Å². The molecule has 5 rings (SSSR count). The van der Waals surface area contributed by atoms with E-state index in [0.29, 0.717) is 34.0 Å². The molecule has 216 valence electrons. The molecule has 2 aromatic heterocycles. The summed E-state index contributed by atoms with van der Waals surface area (Å²) in [4.78, 5) is 32.7. The van der Waals surface area contributed by atoms with E-state index in [9.17, 15) is 27.2 Å². The van der Waals surface area contributed by atoms with Gasteiger partial charge in [-0.1, -0.05) is 0 Å². The van der Waals surface area contributed by atoms with Crippen molar-refractivity contribution in [2.24, 2.45) is 0 Å². The molecule has 1 aliphatic heterocycles. The van der Waals surface area contributed by atoms with E-state index in [1.807, 2.05) is 0 Å². The number of ether oxygens (including phenoxy) is 3. The van der Waals surface area contributed by atoms with Gasteiger partial charge in [0.15, 0.2) is 11.6 Å². The topological polar surface area (TPSA) is 90.8 Å². The van der Waals surface area contributed by atoms with Gasteiger partial charge in [0, 0.05) is 29.2 Å². The second kappa shape index (κ2) is 12.4. The van der Waals surface area contributed by atoms with Crippen molar-refractivity contribution in [2.75, 3.05) is 37.8 Å². The van der Waals surface area contributed by atoms with Crippen LogP contribution in [0.3, 0.4) is 0 Å². The second-order valence-corrected chi connectivity index (χ2v) is 9.01. The predicted octanol–water partition coefficient (Wildman–Crippen LogP) is 5.96. The van der Waals surface area contributed by atoms with E-state index in [2.05, 4.69) is 9.97 Å². The molecule has 3 heterocycles. The lowest BCUT2D eigenvalue weighted by Gasteiger charge is -2.40. The van der Waals surface area contributed by atoms with Crippen molar-refractivity contribution in [1.29, 1.82) is 0 Å². The minimum absolute atomic E-state index is 0.0924. The summed E-state index contributed by atoms with van der Waals surface area (Å²) in [6.45, 7) is 5.07. The Morgan fingerprint density at radius 2 is 1.29 bits per heavy atom. The molecule has 0 amide bonds. The number of nitrogens with zero attached hydrogens (tertiary/aromatic N) is 3. The number of hydrogen-bond donors (Lipinski definition) is 0. The van der Waals surface area contributed by atoms with Crippen LogP contribution in [-0.2, 0) is 9.47 Å². The highest BCUT2D eigenvalue weighted by atomic mass is 19.3. The van der Waals surface area contributed by atoms with Crippen molar-refractivity contribution < 1.29 is 41.4 Å². The molecule has 2 aromatic carbocycles. The van der Waals surface area contributed by atoms with Gasteiger partial charge in [-0.25, -0.2) is 27.2 Å². The molecule has 41 heavy (non-hydrogen) atoms. The van der Waals surface area contributed by atoms with Gasteiger partial charge in [-0.05, 0) is 51.1 Å². The first-order valence-corrected chi connectivity index (χ1v) is 12.8. The van der Waals surface area contributed by atoms with Crippen LogP contribution in [0.25, 0.3) is 21.8 Å². The zero-order valence-corrected chi connectivity index (χ0v) is 22.5. The number of benzene rings is 2. The Labute approximate surface area is 232 Å². The molecular formula is C29H27F4N3O5. The van der Waals surface area contributed by atoms with Gasteiger partial charge in [-0.2, -0.15) is 0 Å².